The topological polar surface area (TPSA) is 23.6 Å². The van der Waals surface area contributed by atoms with E-state index in [2.05, 4.69) is 4.90 Å². The number of nitrogens with zero attached hydrogens (tertiary/aromatic N) is 2. The molecule has 0 radical (unpaired) electrons. The molecule has 1 aromatic carbocycles. The molecule has 22 heavy (non-hydrogen) atoms. The van der Waals surface area contributed by atoms with Crippen molar-refractivity contribution in [2.75, 3.05) is 26.7 Å². The van der Waals surface area contributed by atoms with Gasteiger partial charge >= 0.3 is 0 Å². The molecular weight excluding hydrogens is 279 g/mol. The summed E-state index contributed by atoms with van der Waals surface area (Å²) < 4.78 is 13.6. The van der Waals surface area contributed by atoms with Gasteiger partial charge in [0.2, 0.25) is 5.91 Å². The number of halogens is 1. The van der Waals surface area contributed by atoms with E-state index in [-0.39, 0.29) is 11.2 Å². The Hall–Kier alpha value is -1.42. The molecule has 2 heterocycles. The third-order valence-corrected chi connectivity index (χ3v) is 5.54. The quantitative estimate of drug-likeness (QED) is 0.838. The minimum atomic E-state index is -0.130. The highest BCUT2D eigenvalue weighted by Gasteiger charge is 2.44. The molecule has 4 heteroatoms. The zero-order valence-corrected chi connectivity index (χ0v) is 13.6. The molecule has 2 aliphatic rings. The molecule has 1 amide bonds. The molecule has 0 bridgehead atoms. The van der Waals surface area contributed by atoms with Gasteiger partial charge in [-0.05, 0) is 62.9 Å². The summed E-state index contributed by atoms with van der Waals surface area (Å²) >= 11 is 0. The predicted octanol–water partition coefficient (Wildman–Crippen LogP) is 2.97. The maximum atomic E-state index is 13.6. The van der Waals surface area contributed by atoms with Crippen molar-refractivity contribution in [2.24, 2.45) is 5.41 Å². The fourth-order valence-electron chi connectivity index (χ4n) is 3.94. The van der Waals surface area contributed by atoms with E-state index in [4.69, 9.17) is 0 Å². The number of hydrogen-bond donors (Lipinski definition) is 0. The van der Waals surface area contributed by atoms with E-state index in [0.29, 0.717) is 5.91 Å². The smallest absolute Gasteiger partial charge is 0.228 e. The van der Waals surface area contributed by atoms with Crippen LogP contribution in [0.3, 0.4) is 0 Å². The van der Waals surface area contributed by atoms with Crippen LogP contribution in [-0.2, 0) is 11.3 Å². The second kappa shape index (κ2) is 5.99. The first-order chi connectivity index (χ1) is 10.5. The summed E-state index contributed by atoms with van der Waals surface area (Å²) in [6.45, 7) is 5.37. The fourth-order valence-corrected chi connectivity index (χ4v) is 3.94. The van der Waals surface area contributed by atoms with Crippen molar-refractivity contribution < 1.29 is 9.18 Å². The molecule has 0 unspecified atom stereocenters. The first kappa shape index (κ1) is 15.5. The van der Waals surface area contributed by atoms with Gasteiger partial charge < -0.3 is 4.90 Å². The molecule has 3 nitrogen and oxygen atoms in total. The number of hydrogen-bond acceptors (Lipinski definition) is 2. The number of benzene rings is 1. The van der Waals surface area contributed by atoms with Gasteiger partial charge in [-0.25, -0.2) is 4.39 Å². The summed E-state index contributed by atoms with van der Waals surface area (Å²) in [5.74, 6) is 0.204. The number of carbonyl (C=O) groups excluding carboxylic acids is 1. The van der Waals surface area contributed by atoms with Crippen LogP contribution in [0.2, 0.25) is 0 Å². The Morgan fingerprint density at radius 3 is 2.64 bits per heavy atom. The number of rotatable bonds is 2. The molecule has 2 saturated heterocycles. The average molecular weight is 304 g/mol. The van der Waals surface area contributed by atoms with Crippen LogP contribution in [0.4, 0.5) is 4.39 Å². The average Bonchev–Trinajstić information content (AvgIpc) is 2.52. The lowest BCUT2D eigenvalue weighted by atomic mass is 9.72. The van der Waals surface area contributed by atoms with Crippen LogP contribution in [-0.4, -0.2) is 42.4 Å². The van der Waals surface area contributed by atoms with Crippen LogP contribution >= 0.6 is 0 Å². The van der Waals surface area contributed by atoms with Crippen molar-refractivity contribution in [3.05, 3.63) is 35.1 Å². The highest BCUT2D eigenvalue weighted by molar-refractivity contribution is 5.83. The van der Waals surface area contributed by atoms with E-state index < -0.39 is 0 Å². The molecule has 2 fully saturated rings. The van der Waals surface area contributed by atoms with Crippen molar-refractivity contribution >= 4 is 5.91 Å². The Bertz CT molecular complexity index is 564. The van der Waals surface area contributed by atoms with Crippen LogP contribution in [0.5, 0.6) is 0 Å². The van der Waals surface area contributed by atoms with Gasteiger partial charge in [-0.15, -0.1) is 0 Å². The second-order valence-corrected chi connectivity index (χ2v) is 6.91. The van der Waals surface area contributed by atoms with E-state index >= 15 is 0 Å². The lowest BCUT2D eigenvalue weighted by molar-refractivity contribution is -0.148. The number of amides is 1. The maximum absolute atomic E-state index is 13.6. The van der Waals surface area contributed by atoms with Crippen molar-refractivity contribution in [3.8, 4) is 0 Å². The van der Waals surface area contributed by atoms with Crippen molar-refractivity contribution in [1.82, 2.24) is 9.80 Å². The van der Waals surface area contributed by atoms with E-state index in [1.807, 2.05) is 24.9 Å². The minimum Gasteiger partial charge on any atom is -0.345 e. The Morgan fingerprint density at radius 1 is 1.18 bits per heavy atom. The summed E-state index contributed by atoms with van der Waals surface area (Å²) in [6, 6.07) is 5.30. The Balaban J connectivity index is 1.64. The van der Waals surface area contributed by atoms with Gasteiger partial charge in [0.15, 0.2) is 0 Å². The van der Waals surface area contributed by atoms with Crippen LogP contribution in [0, 0.1) is 18.2 Å². The van der Waals surface area contributed by atoms with Crippen molar-refractivity contribution in [2.45, 2.75) is 39.2 Å². The lowest BCUT2D eigenvalue weighted by Crippen LogP contribution is -2.52. The predicted molar refractivity (Wildman–Crippen MR) is 85.0 cm³/mol. The van der Waals surface area contributed by atoms with E-state index in [9.17, 15) is 9.18 Å². The van der Waals surface area contributed by atoms with Crippen LogP contribution in [0.15, 0.2) is 18.2 Å². The van der Waals surface area contributed by atoms with Gasteiger partial charge in [-0.3, -0.25) is 9.69 Å². The fraction of sp³-hybridized carbons (Fsp3) is 0.611. The first-order valence-corrected chi connectivity index (χ1v) is 8.24. The van der Waals surface area contributed by atoms with E-state index in [1.54, 1.807) is 6.07 Å². The Morgan fingerprint density at radius 2 is 1.91 bits per heavy atom. The monoisotopic (exact) mass is 304 g/mol. The van der Waals surface area contributed by atoms with Gasteiger partial charge in [0.1, 0.15) is 5.82 Å². The Labute approximate surface area is 132 Å². The summed E-state index contributed by atoms with van der Waals surface area (Å²) in [4.78, 5) is 16.8. The summed E-state index contributed by atoms with van der Waals surface area (Å²) in [5, 5.41) is 0. The lowest BCUT2D eigenvalue weighted by Gasteiger charge is -2.45. The summed E-state index contributed by atoms with van der Waals surface area (Å²) in [7, 11) is 1.92. The SMILES string of the molecule is Cc1c(F)cccc1CN1CCC2(CCCN(C)C2=O)CC1. The van der Waals surface area contributed by atoms with Gasteiger partial charge in [-0.1, -0.05) is 12.1 Å². The van der Waals surface area contributed by atoms with Crippen LogP contribution in [0.25, 0.3) is 0 Å². The third kappa shape index (κ3) is 2.76. The molecule has 0 N–H and O–H groups in total. The van der Waals surface area contributed by atoms with Crippen molar-refractivity contribution in [1.29, 1.82) is 0 Å². The molecule has 0 saturated carbocycles. The van der Waals surface area contributed by atoms with Gasteiger partial charge in [0.25, 0.3) is 0 Å². The molecule has 0 aliphatic carbocycles. The third-order valence-electron chi connectivity index (χ3n) is 5.54. The highest BCUT2D eigenvalue weighted by atomic mass is 19.1. The van der Waals surface area contributed by atoms with Gasteiger partial charge in [0, 0.05) is 20.1 Å². The number of piperidine rings is 2. The zero-order valence-electron chi connectivity index (χ0n) is 13.6. The summed E-state index contributed by atoms with van der Waals surface area (Å²) in [5.41, 5.74) is 1.68. The van der Waals surface area contributed by atoms with Gasteiger partial charge in [-0.2, -0.15) is 0 Å². The molecular formula is C18H25FN2O. The molecule has 2 aliphatic heterocycles. The molecule has 0 aromatic heterocycles. The minimum absolute atomic E-state index is 0.125. The molecule has 0 atom stereocenters. The highest BCUT2D eigenvalue weighted by Crippen LogP contribution is 2.40. The van der Waals surface area contributed by atoms with Crippen molar-refractivity contribution in [3.63, 3.8) is 0 Å². The summed E-state index contributed by atoms with van der Waals surface area (Å²) in [6.07, 6.45) is 4.02. The molecule has 1 aromatic rings. The first-order valence-electron chi connectivity index (χ1n) is 8.24. The normalized spacial score (nSPS) is 22.3. The Kier molecular flexibility index (Phi) is 4.22. The molecule has 1 spiro atoms. The van der Waals surface area contributed by atoms with Crippen LogP contribution in [0.1, 0.15) is 36.8 Å². The zero-order chi connectivity index (χ0) is 15.7. The van der Waals surface area contributed by atoms with E-state index in [1.165, 1.54) is 6.07 Å². The number of carbonyl (C=O) groups is 1. The second-order valence-electron chi connectivity index (χ2n) is 6.91. The standard InChI is InChI=1S/C18H25FN2O/c1-14-15(5-3-6-16(14)19)13-21-11-8-18(9-12-21)7-4-10-20(2)17(18)22/h3,5-6H,4,7-13H2,1-2H3. The largest absolute Gasteiger partial charge is 0.345 e. The van der Waals surface area contributed by atoms with Gasteiger partial charge in [0.05, 0.1) is 5.41 Å². The maximum Gasteiger partial charge on any atom is 0.228 e. The van der Waals surface area contributed by atoms with E-state index in [0.717, 1.165) is 63.0 Å². The number of likely N-dealkylation sites (tertiary alicyclic amines) is 2. The molecule has 3 rings (SSSR count). The van der Waals surface area contributed by atoms with Crippen LogP contribution < -0.4 is 0 Å². The molecule has 120 valence electrons.